The van der Waals surface area contributed by atoms with Gasteiger partial charge in [0.25, 0.3) is 0 Å². The van der Waals surface area contributed by atoms with Crippen LogP contribution >= 0.6 is 0 Å². The highest BCUT2D eigenvalue weighted by atomic mass is 16.5. The van der Waals surface area contributed by atoms with Gasteiger partial charge in [0.15, 0.2) is 0 Å². The van der Waals surface area contributed by atoms with Gasteiger partial charge in [0.2, 0.25) is 0 Å². The lowest BCUT2D eigenvalue weighted by atomic mass is 10.1. The third-order valence-corrected chi connectivity index (χ3v) is 4.12. The number of carbonyl (C=O) groups excluding carboxylic acids is 1. The van der Waals surface area contributed by atoms with Crippen molar-refractivity contribution in [2.24, 2.45) is 0 Å². The number of morpholine rings is 1. The standard InChI is InChI=1S/C14H23N5O2/c20-14(15-3-1-4-18-6-8-21-9-7-18)19-5-2-13-12(11-19)10-16-17-13/h10H,1-9,11H2,(H,15,20)(H,16,17). The van der Waals surface area contributed by atoms with E-state index in [1.165, 1.54) is 0 Å². The van der Waals surface area contributed by atoms with Gasteiger partial charge in [-0.25, -0.2) is 4.79 Å². The van der Waals surface area contributed by atoms with Crippen molar-refractivity contribution in [3.63, 3.8) is 0 Å². The van der Waals surface area contributed by atoms with Gasteiger partial charge >= 0.3 is 6.03 Å². The second-order valence-corrected chi connectivity index (χ2v) is 5.58. The number of aromatic nitrogens is 2. The van der Waals surface area contributed by atoms with E-state index in [0.717, 1.165) is 70.0 Å². The van der Waals surface area contributed by atoms with Crippen LogP contribution in [0, 0.1) is 0 Å². The predicted molar refractivity (Wildman–Crippen MR) is 78.0 cm³/mol. The molecule has 0 bridgehead atoms. The average molecular weight is 293 g/mol. The molecule has 2 N–H and O–H groups in total. The summed E-state index contributed by atoms with van der Waals surface area (Å²) in [6, 6.07) is 0.0313. The third-order valence-electron chi connectivity index (χ3n) is 4.12. The van der Waals surface area contributed by atoms with Gasteiger partial charge in [0.05, 0.1) is 26.0 Å². The van der Waals surface area contributed by atoms with E-state index in [9.17, 15) is 4.79 Å². The molecule has 0 saturated carbocycles. The van der Waals surface area contributed by atoms with E-state index in [4.69, 9.17) is 4.74 Å². The summed E-state index contributed by atoms with van der Waals surface area (Å²) >= 11 is 0. The molecule has 0 spiro atoms. The second kappa shape index (κ2) is 6.91. The van der Waals surface area contributed by atoms with Crippen LogP contribution in [0.5, 0.6) is 0 Å². The molecule has 0 aromatic carbocycles. The number of hydrogen-bond donors (Lipinski definition) is 2. The van der Waals surface area contributed by atoms with E-state index in [0.29, 0.717) is 6.54 Å². The summed E-state index contributed by atoms with van der Waals surface area (Å²) in [5, 5.41) is 10.0. The largest absolute Gasteiger partial charge is 0.379 e. The normalized spacial score (nSPS) is 19.3. The number of carbonyl (C=O) groups is 1. The van der Waals surface area contributed by atoms with E-state index in [1.54, 1.807) is 0 Å². The van der Waals surface area contributed by atoms with Crippen molar-refractivity contribution in [2.45, 2.75) is 19.4 Å². The SMILES string of the molecule is O=C(NCCCN1CCOCC1)N1CCc2[nH]ncc2C1. The molecule has 1 saturated heterocycles. The van der Waals surface area contributed by atoms with Crippen molar-refractivity contribution >= 4 is 6.03 Å². The lowest BCUT2D eigenvalue weighted by molar-refractivity contribution is 0.0375. The summed E-state index contributed by atoms with van der Waals surface area (Å²) in [6.45, 7) is 6.82. The Morgan fingerprint density at radius 3 is 3.10 bits per heavy atom. The first-order valence-electron chi connectivity index (χ1n) is 7.67. The average Bonchev–Trinajstić information content (AvgIpc) is 3.00. The van der Waals surface area contributed by atoms with Crippen LogP contribution in [0.2, 0.25) is 0 Å². The number of aromatic amines is 1. The van der Waals surface area contributed by atoms with Crippen LogP contribution in [0.3, 0.4) is 0 Å². The Hall–Kier alpha value is -1.60. The Morgan fingerprint density at radius 2 is 2.24 bits per heavy atom. The molecule has 2 aliphatic rings. The fraction of sp³-hybridized carbons (Fsp3) is 0.714. The molecule has 2 aliphatic heterocycles. The highest BCUT2D eigenvalue weighted by Gasteiger charge is 2.21. The van der Waals surface area contributed by atoms with Gasteiger partial charge in [-0.2, -0.15) is 5.10 Å². The summed E-state index contributed by atoms with van der Waals surface area (Å²) < 4.78 is 5.32. The molecule has 116 valence electrons. The molecule has 21 heavy (non-hydrogen) atoms. The first-order valence-corrected chi connectivity index (χ1v) is 7.67. The van der Waals surface area contributed by atoms with Gasteiger partial charge < -0.3 is 15.0 Å². The molecular formula is C14H23N5O2. The number of urea groups is 1. The Bertz CT molecular complexity index is 470. The van der Waals surface area contributed by atoms with Gasteiger partial charge in [-0.15, -0.1) is 0 Å². The number of ether oxygens (including phenoxy) is 1. The zero-order valence-electron chi connectivity index (χ0n) is 12.3. The molecule has 1 aromatic rings. The first kappa shape index (κ1) is 14.3. The summed E-state index contributed by atoms with van der Waals surface area (Å²) in [4.78, 5) is 16.4. The fourth-order valence-corrected chi connectivity index (χ4v) is 2.83. The summed E-state index contributed by atoms with van der Waals surface area (Å²) in [5.74, 6) is 0. The zero-order valence-corrected chi connectivity index (χ0v) is 12.3. The number of nitrogens with zero attached hydrogens (tertiary/aromatic N) is 3. The second-order valence-electron chi connectivity index (χ2n) is 5.58. The number of fused-ring (bicyclic) bond motifs is 1. The van der Waals surface area contributed by atoms with Crippen LogP contribution in [0.25, 0.3) is 0 Å². The maximum atomic E-state index is 12.1. The lowest BCUT2D eigenvalue weighted by Gasteiger charge is -2.28. The van der Waals surface area contributed by atoms with Gasteiger partial charge in [0.1, 0.15) is 0 Å². The number of hydrogen-bond acceptors (Lipinski definition) is 4. The number of nitrogens with one attached hydrogen (secondary N) is 2. The van der Waals surface area contributed by atoms with Gasteiger partial charge in [-0.3, -0.25) is 10.00 Å². The topological polar surface area (TPSA) is 73.5 Å². The summed E-state index contributed by atoms with van der Waals surface area (Å²) in [5.41, 5.74) is 2.29. The van der Waals surface area contributed by atoms with Crippen molar-refractivity contribution in [1.82, 2.24) is 25.3 Å². The van der Waals surface area contributed by atoms with Crippen LogP contribution in [-0.2, 0) is 17.7 Å². The zero-order chi connectivity index (χ0) is 14.5. The van der Waals surface area contributed by atoms with Crippen molar-refractivity contribution in [1.29, 1.82) is 0 Å². The summed E-state index contributed by atoms with van der Waals surface area (Å²) in [7, 11) is 0. The molecule has 0 unspecified atom stereocenters. The summed E-state index contributed by atoms with van der Waals surface area (Å²) in [6.07, 6.45) is 3.65. The first-order chi connectivity index (χ1) is 10.3. The Kier molecular flexibility index (Phi) is 4.72. The Labute approximate surface area is 124 Å². The van der Waals surface area contributed by atoms with Gasteiger partial charge in [-0.05, 0) is 13.0 Å². The molecule has 1 fully saturated rings. The van der Waals surface area contributed by atoms with E-state index in [-0.39, 0.29) is 6.03 Å². The van der Waals surface area contributed by atoms with E-state index in [2.05, 4.69) is 20.4 Å². The molecule has 3 rings (SSSR count). The molecule has 0 radical (unpaired) electrons. The van der Waals surface area contributed by atoms with Crippen LogP contribution in [0.1, 0.15) is 17.7 Å². The molecule has 2 amide bonds. The molecule has 7 heteroatoms. The van der Waals surface area contributed by atoms with E-state index in [1.807, 2.05) is 11.1 Å². The van der Waals surface area contributed by atoms with Crippen molar-refractivity contribution in [3.05, 3.63) is 17.5 Å². The smallest absolute Gasteiger partial charge is 0.317 e. The highest BCUT2D eigenvalue weighted by Crippen LogP contribution is 2.15. The molecule has 7 nitrogen and oxygen atoms in total. The maximum absolute atomic E-state index is 12.1. The van der Waals surface area contributed by atoms with Crippen LogP contribution in [0.15, 0.2) is 6.20 Å². The van der Waals surface area contributed by atoms with Crippen LogP contribution < -0.4 is 5.32 Å². The number of rotatable bonds is 4. The quantitative estimate of drug-likeness (QED) is 0.778. The maximum Gasteiger partial charge on any atom is 0.317 e. The van der Waals surface area contributed by atoms with Crippen molar-refractivity contribution in [2.75, 3.05) is 45.9 Å². The predicted octanol–water partition coefficient (Wildman–Crippen LogP) is 0.200. The van der Waals surface area contributed by atoms with Gasteiger partial charge in [0, 0.05) is 43.9 Å². The monoisotopic (exact) mass is 293 g/mol. The molecule has 1 aromatic heterocycles. The number of H-pyrrole nitrogens is 1. The minimum atomic E-state index is 0.0313. The van der Waals surface area contributed by atoms with Crippen molar-refractivity contribution in [3.8, 4) is 0 Å². The van der Waals surface area contributed by atoms with Crippen LogP contribution in [-0.4, -0.2) is 72.0 Å². The van der Waals surface area contributed by atoms with E-state index >= 15 is 0 Å². The molecular weight excluding hydrogens is 270 g/mol. The fourth-order valence-electron chi connectivity index (χ4n) is 2.83. The molecule has 0 aliphatic carbocycles. The van der Waals surface area contributed by atoms with Gasteiger partial charge in [-0.1, -0.05) is 0 Å². The molecule has 0 atom stereocenters. The van der Waals surface area contributed by atoms with Crippen LogP contribution in [0.4, 0.5) is 4.79 Å². The highest BCUT2D eigenvalue weighted by molar-refractivity contribution is 5.74. The lowest BCUT2D eigenvalue weighted by Crippen LogP contribution is -2.43. The minimum absolute atomic E-state index is 0.0313. The number of amides is 2. The van der Waals surface area contributed by atoms with E-state index < -0.39 is 0 Å². The third kappa shape index (κ3) is 3.74. The van der Waals surface area contributed by atoms with Crippen molar-refractivity contribution < 1.29 is 9.53 Å². The molecule has 3 heterocycles. The Morgan fingerprint density at radius 1 is 1.38 bits per heavy atom. The Balaban J connectivity index is 1.35. The minimum Gasteiger partial charge on any atom is -0.379 e.